The molecule has 26 heavy (non-hydrogen) atoms. The highest BCUT2D eigenvalue weighted by Crippen LogP contribution is 2.24. The second-order valence-electron chi connectivity index (χ2n) is 7.42. The summed E-state index contributed by atoms with van der Waals surface area (Å²) in [6.45, 7) is 4.90. The number of nitrogens with one attached hydrogen (secondary N) is 1. The van der Waals surface area contributed by atoms with E-state index in [1.54, 1.807) is 0 Å². The summed E-state index contributed by atoms with van der Waals surface area (Å²) in [6.07, 6.45) is 1.14. The first-order chi connectivity index (χ1) is 12.4. The number of amides is 1. The van der Waals surface area contributed by atoms with E-state index in [0.717, 1.165) is 41.7 Å². The number of hydrogen-bond donors (Lipinski definition) is 1. The standard InChI is InChI=1S/C19H25N3O3S/c1-14-17(16-4-2-3-5-18(16)20-14)12-19(23)22-9-7-21(8-10-22)15-6-11-26(24,25)13-15/h2-5,15,20H,6-13H2,1H3. The molecule has 1 amide bonds. The number of carbonyl (C=O) groups is 1. The Labute approximate surface area is 154 Å². The van der Waals surface area contributed by atoms with Gasteiger partial charge in [-0.05, 0) is 25.0 Å². The lowest BCUT2D eigenvalue weighted by Crippen LogP contribution is -2.52. The molecule has 140 valence electrons. The van der Waals surface area contributed by atoms with Crippen LogP contribution in [0.2, 0.25) is 0 Å². The number of fused-ring (bicyclic) bond motifs is 1. The highest BCUT2D eigenvalue weighted by Gasteiger charge is 2.34. The molecule has 1 N–H and O–H groups in total. The number of benzene rings is 1. The van der Waals surface area contributed by atoms with Crippen molar-refractivity contribution in [1.29, 1.82) is 0 Å². The van der Waals surface area contributed by atoms with E-state index in [-0.39, 0.29) is 17.7 Å². The van der Waals surface area contributed by atoms with Gasteiger partial charge in [0.05, 0.1) is 17.9 Å². The van der Waals surface area contributed by atoms with Crippen LogP contribution < -0.4 is 0 Å². The molecular weight excluding hydrogens is 350 g/mol. The second kappa shape index (κ2) is 6.70. The zero-order chi connectivity index (χ0) is 18.3. The average Bonchev–Trinajstić information content (AvgIpc) is 3.14. The molecule has 0 radical (unpaired) electrons. The lowest BCUT2D eigenvalue weighted by Gasteiger charge is -2.37. The highest BCUT2D eigenvalue weighted by molar-refractivity contribution is 7.91. The number of aryl methyl sites for hydroxylation is 1. The minimum Gasteiger partial charge on any atom is -0.358 e. The van der Waals surface area contributed by atoms with Crippen LogP contribution in [0.5, 0.6) is 0 Å². The fourth-order valence-corrected chi connectivity index (χ4v) is 5.99. The lowest BCUT2D eigenvalue weighted by molar-refractivity contribution is -0.132. The zero-order valence-corrected chi connectivity index (χ0v) is 15.9. The van der Waals surface area contributed by atoms with E-state index in [2.05, 4.69) is 16.0 Å². The van der Waals surface area contributed by atoms with Crippen molar-refractivity contribution in [3.05, 3.63) is 35.5 Å². The van der Waals surface area contributed by atoms with E-state index in [0.29, 0.717) is 25.3 Å². The quantitative estimate of drug-likeness (QED) is 0.879. The number of sulfone groups is 1. The van der Waals surface area contributed by atoms with Crippen molar-refractivity contribution >= 4 is 26.6 Å². The van der Waals surface area contributed by atoms with E-state index in [1.165, 1.54) is 0 Å². The Morgan fingerprint density at radius 1 is 1.19 bits per heavy atom. The maximum Gasteiger partial charge on any atom is 0.227 e. The molecule has 2 aliphatic rings. The van der Waals surface area contributed by atoms with E-state index in [4.69, 9.17) is 0 Å². The topological polar surface area (TPSA) is 73.5 Å². The van der Waals surface area contributed by atoms with Gasteiger partial charge in [-0.2, -0.15) is 0 Å². The average molecular weight is 375 g/mol. The van der Waals surface area contributed by atoms with Gasteiger partial charge in [-0.3, -0.25) is 9.69 Å². The molecule has 1 unspecified atom stereocenters. The molecule has 4 rings (SSSR count). The van der Waals surface area contributed by atoms with Crippen LogP contribution in [0.1, 0.15) is 17.7 Å². The van der Waals surface area contributed by atoms with Crippen LogP contribution in [0.4, 0.5) is 0 Å². The Balaban J connectivity index is 1.39. The van der Waals surface area contributed by atoms with Gasteiger partial charge >= 0.3 is 0 Å². The van der Waals surface area contributed by atoms with Gasteiger partial charge in [-0.25, -0.2) is 8.42 Å². The molecule has 2 fully saturated rings. The van der Waals surface area contributed by atoms with Crippen molar-refractivity contribution in [3.8, 4) is 0 Å². The van der Waals surface area contributed by atoms with Crippen LogP contribution in [-0.2, 0) is 21.1 Å². The summed E-state index contributed by atoms with van der Waals surface area (Å²) in [4.78, 5) is 20.3. The molecule has 7 heteroatoms. The minimum absolute atomic E-state index is 0.133. The van der Waals surface area contributed by atoms with Gasteiger partial charge < -0.3 is 9.88 Å². The Hall–Kier alpha value is -1.86. The normalized spacial score (nSPS) is 23.6. The number of aromatic nitrogens is 1. The van der Waals surface area contributed by atoms with E-state index in [1.807, 2.05) is 30.0 Å². The Morgan fingerprint density at radius 2 is 1.92 bits per heavy atom. The number of carbonyl (C=O) groups excluding carboxylic acids is 1. The summed E-state index contributed by atoms with van der Waals surface area (Å²) in [5.74, 6) is 0.725. The van der Waals surface area contributed by atoms with E-state index < -0.39 is 9.84 Å². The van der Waals surface area contributed by atoms with Crippen LogP contribution in [-0.4, -0.2) is 72.8 Å². The summed E-state index contributed by atoms with van der Waals surface area (Å²) in [6, 6.07) is 8.21. The molecule has 2 saturated heterocycles. The fraction of sp³-hybridized carbons (Fsp3) is 0.526. The van der Waals surface area contributed by atoms with Gasteiger partial charge in [0.1, 0.15) is 0 Å². The fourth-order valence-electron chi connectivity index (χ4n) is 4.23. The third kappa shape index (κ3) is 3.38. The number of piperazine rings is 1. The Morgan fingerprint density at radius 3 is 2.62 bits per heavy atom. The summed E-state index contributed by atoms with van der Waals surface area (Å²) < 4.78 is 23.4. The van der Waals surface area contributed by atoms with Gasteiger partial charge in [-0.1, -0.05) is 18.2 Å². The maximum atomic E-state index is 12.8. The van der Waals surface area contributed by atoms with Gasteiger partial charge in [0.2, 0.25) is 5.91 Å². The first-order valence-corrected chi connectivity index (χ1v) is 11.0. The molecule has 3 heterocycles. The van der Waals surface area contributed by atoms with Crippen molar-refractivity contribution in [2.45, 2.75) is 25.8 Å². The predicted octanol–water partition coefficient (Wildman–Crippen LogP) is 1.35. The monoisotopic (exact) mass is 375 g/mol. The number of aromatic amines is 1. The first kappa shape index (κ1) is 17.5. The molecule has 0 bridgehead atoms. The van der Waals surface area contributed by atoms with Gasteiger partial charge in [0.15, 0.2) is 9.84 Å². The summed E-state index contributed by atoms with van der Waals surface area (Å²) >= 11 is 0. The molecule has 2 aromatic rings. The van der Waals surface area contributed by atoms with Crippen LogP contribution in [0.15, 0.2) is 24.3 Å². The molecule has 0 aliphatic carbocycles. The molecule has 0 saturated carbocycles. The van der Waals surface area contributed by atoms with Crippen molar-refractivity contribution in [2.24, 2.45) is 0 Å². The Bertz CT molecular complexity index is 927. The SMILES string of the molecule is Cc1[nH]c2ccccc2c1CC(=O)N1CCN(C2CCS(=O)(=O)C2)CC1. The number of nitrogens with zero attached hydrogens (tertiary/aromatic N) is 2. The maximum absolute atomic E-state index is 12.8. The predicted molar refractivity (Wildman–Crippen MR) is 102 cm³/mol. The van der Waals surface area contributed by atoms with Gasteiger partial charge in [0, 0.05) is 48.8 Å². The summed E-state index contributed by atoms with van der Waals surface area (Å²) in [5, 5.41) is 1.12. The van der Waals surface area contributed by atoms with Gasteiger partial charge in [-0.15, -0.1) is 0 Å². The molecule has 6 nitrogen and oxygen atoms in total. The Kier molecular flexibility index (Phi) is 4.52. The van der Waals surface area contributed by atoms with Crippen LogP contribution in [0.25, 0.3) is 10.9 Å². The van der Waals surface area contributed by atoms with Gasteiger partial charge in [0.25, 0.3) is 0 Å². The minimum atomic E-state index is -2.86. The number of hydrogen-bond acceptors (Lipinski definition) is 4. The van der Waals surface area contributed by atoms with Crippen molar-refractivity contribution in [2.75, 3.05) is 37.7 Å². The van der Waals surface area contributed by atoms with Crippen molar-refractivity contribution in [1.82, 2.24) is 14.8 Å². The number of H-pyrrole nitrogens is 1. The van der Waals surface area contributed by atoms with Crippen LogP contribution >= 0.6 is 0 Å². The number of rotatable bonds is 3. The van der Waals surface area contributed by atoms with Crippen molar-refractivity contribution < 1.29 is 13.2 Å². The van der Waals surface area contributed by atoms with Crippen molar-refractivity contribution in [3.63, 3.8) is 0 Å². The van der Waals surface area contributed by atoms with E-state index >= 15 is 0 Å². The van der Waals surface area contributed by atoms with Crippen LogP contribution in [0.3, 0.4) is 0 Å². The van der Waals surface area contributed by atoms with E-state index in [9.17, 15) is 13.2 Å². The second-order valence-corrected chi connectivity index (χ2v) is 9.65. The highest BCUT2D eigenvalue weighted by atomic mass is 32.2. The molecular formula is C19H25N3O3S. The molecule has 2 aliphatic heterocycles. The lowest BCUT2D eigenvalue weighted by atomic mass is 10.1. The zero-order valence-electron chi connectivity index (χ0n) is 15.1. The molecule has 1 aromatic carbocycles. The molecule has 1 atom stereocenters. The smallest absolute Gasteiger partial charge is 0.227 e. The number of para-hydroxylation sites is 1. The van der Waals surface area contributed by atoms with Crippen LogP contribution in [0, 0.1) is 6.92 Å². The summed E-state index contributed by atoms with van der Waals surface area (Å²) in [5.41, 5.74) is 3.20. The third-order valence-electron chi connectivity index (χ3n) is 5.75. The third-order valence-corrected chi connectivity index (χ3v) is 7.50. The first-order valence-electron chi connectivity index (χ1n) is 9.21. The summed E-state index contributed by atoms with van der Waals surface area (Å²) in [7, 11) is -2.86. The molecule has 0 spiro atoms. The largest absolute Gasteiger partial charge is 0.358 e. The molecule has 1 aromatic heterocycles.